The molecule has 270 valence electrons. The van der Waals surface area contributed by atoms with Gasteiger partial charge in [0.05, 0.1) is 37.1 Å². The number of ether oxygens (including phenoxy) is 1. The molecule has 16 heteroatoms. The van der Waals surface area contributed by atoms with E-state index in [2.05, 4.69) is 36.8 Å². The van der Waals surface area contributed by atoms with Crippen molar-refractivity contribution in [2.75, 3.05) is 36.2 Å². The van der Waals surface area contributed by atoms with E-state index in [1.54, 1.807) is 21.8 Å². The number of nitrogens with zero attached hydrogens (tertiary/aromatic N) is 8. The zero-order valence-electron chi connectivity index (χ0n) is 29.3. The van der Waals surface area contributed by atoms with Crippen LogP contribution in [0.5, 0.6) is 5.75 Å². The average Bonchev–Trinajstić information content (AvgIpc) is 3.84. The molecule has 0 spiro atoms. The van der Waals surface area contributed by atoms with Crippen molar-refractivity contribution in [1.82, 2.24) is 39.2 Å². The van der Waals surface area contributed by atoms with Gasteiger partial charge in [0.2, 0.25) is 5.95 Å². The fourth-order valence-corrected chi connectivity index (χ4v) is 7.00. The Morgan fingerprint density at radius 3 is 2.55 bits per heavy atom. The van der Waals surface area contributed by atoms with Crippen molar-refractivity contribution in [3.8, 4) is 11.6 Å². The van der Waals surface area contributed by atoms with Crippen molar-refractivity contribution in [3.63, 3.8) is 0 Å². The van der Waals surface area contributed by atoms with E-state index in [-0.39, 0.29) is 36.7 Å². The summed E-state index contributed by atoms with van der Waals surface area (Å²) in [5.74, 6) is 2.50. The van der Waals surface area contributed by atoms with Gasteiger partial charge in [0.25, 0.3) is 10.1 Å². The Hall–Kier alpha value is -4.96. The molecule has 2 atom stereocenters. The number of benzene rings is 1. The molecule has 2 N–H and O–H groups in total. The number of pyridine rings is 1. The lowest BCUT2D eigenvalue weighted by atomic mass is 9.85. The quantitative estimate of drug-likeness (QED) is 0.185. The van der Waals surface area contributed by atoms with Crippen molar-refractivity contribution < 1.29 is 22.1 Å². The van der Waals surface area contributed by atoms with Gasteiger partial charge in [-0.1, -0.05) is 45.0 Å². The van der Waals surface area contributed by atoms with E-state index in [0.29, 0.717) is 24.5 Å². The number of fused-ring (bicyclic) bond motifs is 2. The van der Waals surface area contributed by atoms with Crippen LogP contribution >= 0.6 is 0 Å². The van der Waals surface area contributed by atoms with Crippen LogP contribution in [0.25, 0.3) is 11.5 Å². The Kier molecular flexibility index (Phi) is 9.46. The van der Waals surface area contributed by atoms with Crippen LogP contribution in [0.15, 0.2) is 61.2 Å². The Balaban J connectivity index is 1.06. The Morgan fingerprint density at radius 1 is 1.00 bits per heavy atom. The zero-order chi connectivity index (χ0) is 35.8. The Bertz CT molecular complexity index is 2130. The summed E-state index contributed by atoms with van der Waals surface area (Å²) in [6.45, 7) is 8.32. The van der Waals surface area contributed by atoms with Gasteiger partial charge >= 0.3 is 6.03 Å². The normalized spacial score (nSPS) is 18.1. The number of hydrogen-bond donors (Lipinski definition) is 2. The third-order valence-electron chi connectivity index (χ3n) is 9.22. The van der Waals surface area contributed by atoms with Crippen molar-refractivity contribution in [2.45, 2.75) is 77.0 Å². The fourth-order valence-electron chi connectivity index (χ4n) is 6.62. The number of piperidine rings is 1. The van der Waals surface area contributed by atoms with E-state index in [9.17, 15) is 13.2 Å². The van der Waals surface area contributed by atoms with E-state index in [0.717, 1.165) is 66.4 Å². The summed E-state index contributed by atoms with van der Waals surface area (Å²) < 4.78 is 39.5. The highest BCUT2D eigenvalue weighted by molar-refractivity contribution is 7.85. The number of aromatic nitrogens is 7. The Labute approximate surface area is 297 Å². The van der Waals surface area contributed by atoms with Gasteiger partial charge < -0.3 is 19.5 Å². The van der Waals surface area contributed by atoms with E-state index >= 15 is 0 Å². The van der Waals surface area contributed by atoms with Gasteiger partial charge in [-0.2, -0.15) is 18.2 Å². The number of carbonyl (C=O) groups excluding carboxylic acids is 1. The summed E-state index contributed by atoms with van der Waals surface area (Å²) in [5, 5.41) is 19.8. The lowest BCUT2D eigenvalue weighted by molar-refractivity contribution is 0.171. The first-order valence-electron chi connectivity index (χ1n) is 17.3. The number of carbonyl (C=O) groups is 1. The highest BCUT2D eigenvalue weighted by Gasteiger charge is 2.30. The predicted molar refractivity (Wildman–Crippen MR) is 192 cm³/mol. The maximum atomic E-state index is 13.6. The number of rotatable bonds is 10. The molecule has 7 rings (SSSR count). The molecule has 1 fully saturated rings. The monoisotopic (exact) mass is 716 g/mol. The third kappa shape index (κ3) is 7.86. The first kappa shape index (κ1) is 34.5. The molecule has 1 saturated heterocycles. The molecule has 1 aliphatic carbocycles. The molecule has 2 amide bonds. The standard InChI is InChI=1S/C35H44N10O5S/c1-35(2,3)29-20-31(45(41-29)32-22-42(23-36-32)18-19-49-51(4,47)48)38-33(46)37-27-13-14-28(26-11-7-6-10-25(26)27)50-24-12-15-30-39-40-34(44(30)21-24)43-16-8-5-9-17-43/h6-7,10-12,15,20-23,27-28H,5,8-9,13-14,16-19H2,1-4H3,(H2,37,38,46)/t27-,28+/m0/s1. The number of anilines is 2. The summed E-state index contributed by atoms with van der Waals surface area (Å²) >= 11 is 0. The molecule has 0 bridgehead atoms. The molecule has 0 unspecified atom stereocenters. The Morgan fingerprint density at radius 2 is 1.78 bits per heavy atom. The van der Waals surface area contributed by atoms with E-state index < -0.39 is 10.1 Å². The van der Waals surface area contributed by atoms with Crippen LogP contribution < -0.4 is 20.3 Å². The lowest BCUT2D eigenvalue weighted by Crippen LogP contribution is -2.36. The predicted octanol–water partition coefficient (Wildman–Crippen LogP) is 5.15. The smallest absolute Gasteiger partial charge is 0.320 e. The maximum absolute atomic E-state index is 13.6. The number of amides is 2. The minimum absolute atomic E-state index is 0.0275. The molecule has 5 aromatic rings. The maximum Gasteiger partial charge on any atom is 0.320 e. The van der Waals surface area contributed by atoms with Gasteiger partial charge in [0, 0.05) is 37.3 Å². The van der Waals surface area contributed by atoms with Gasteiger partial charge in [0.15, 0.2) is 11.5 Å². The van der Waals surface area contributed by atoms with Crippen molar-refractivity contribution in [3.05, 3.63) is 78.0 Å². The van der Waals surface area contributed by atoms with Gasteiger partial charge in [-0.3, -0.25) is 13.9 Å². The van der Waals surface area contributed by atoms with E-state index in [1.807, 2.05) is 67.8 Å². The largest absolute Gasteiger partial charge is 0.484 e. The first-order valence-corrected chi connectivity index (χ1v) is 19.1. The summed E-state index contributed by atoms with van der Waals surface area (Å²) in [4.78, 5) is 20.3. The highest BCUT2D eigenvalue weighted by Crippen LogP contribution is 2.39. The van der Waals surface area contributed by atoms with Crippen LogP contribution in [0.4, 0.5) is 16.6 Å². The van der Waals surface area contributed by atoms with Gasteiger partial charge in [0.1, 0.15) is 17.7 Å². The molecule has 1 aliphatic heterocycles. The summed E-state index contributed by atoms with van der Waals surface area (Å²) in [6.07, 6.45) is 11.0. The van der Waals surface area contributed by atoms with Gasteiger partial charge in [-0.25, -0.2) is 9.78 Å². The van der Waals surface area contributed by atoms with Crippen LogP contribution in [-0.2, 0) is 26.3 Å². The molecular formula is C35H44N10O5S. The highest BCUT2D eigenvalue weighted by atomic mass is 32.2. The second-order valence-corrected chi connectivity index (χ2v) is 15.8. The van der Waals surface area contributed by atoms with Crippen molar-refractivity contribution in [1.29, 1.82) is 0 Å². The fraction of sp³-hybridized carbons (Fsp3) is 0.457. The van der Waals surface area contributed by atoms with Gasteiger partial charge in [-0.05, 0) is 55.4 Å². The number of urea groups is 1. The van der Waals surface area contributed by atoms with Gasteiger partial charge in [-0.15, -0.1) is 10.2 Å². The van der Waals surface area contributed by atoms with Crippen LogP contribution in [0.1, 0.15) is 81.8 Å². The molecule has 0 saturated carbocycles. The molecule has 0 radical (unpaired) electrons. The number of imidazole rings is 1. The average molecular weight is 717 g/mol. The van der Waals surface area contributed by atoms with Crippen LogP contribution in [-0.4, -0.2) is 74.3 Å². The molecule has 2 aliphatic rings. The van der Waals surface area contributed by atoms with Crippen LogP contribution in [0, 0.1) is 0 Å². The summed E-state index contributed by atoms with van der Waals surface area (Å²) in [5.41, 5.74) is 3.28. The zero-order valence-corrected chi connectivity index (χ0v) is 30.1. The van der Waals surface area contributed by atoms with Crippen molar-refractivity contribution in [2.24, 2.45) is 0 Å². The minimum atomic E-state index is -3.55. The molecular weight excluding hydrogens is 673 g/mol. The van der Waals surface area contributed by atoms with Crippen molar-refractivity contribution >= 4 is 33.6 Å². The summed E-state index contributed by atoms with van der Waals surface area (Å²) in [6, 6.07) is 13.2. The summed E-state index contributed by atoms with van der Waals surface area (Å²) in [7, 11) is -3.55. The molecule has 51 heavy (non-hydrogen) atoms. The van der Waals surface area contributed by atoms with Crippen LogP contribution in [0.2, 0.25) is 0 Å². The minimum Gasteiger partial charge on any atom is -0.484 e. The lowest BCUT2D eigenvalue weighted by Gasteiger charge is -2.32. The van der Waals surface area contributed by atoms with E-state index in [1.165, 1.54) is 6.42 Å². The molecule has 15 nitrogen and oxygen atoms in total. The second-order valence-electron chi connectivity index (χ2n) is 14.2. The number of nitrogens with one attached hydrogen (secondary N) is 2. The number of hydrogen-bond acceptors (Lipinski definition) is 10. The molecule has 5 heterocycles. The second kappa shape index (κ2) is 14.0. The third-order valence-corrected chi connectivity index (χ3v) is 9.81. The molecule has 1 aromatic carbocycles. The van der Waals surface area contributed by atoms with E-state index in [4.69, 9.17) is 14.0 Å². The first-order chi connectivity index (χ1) is 24.4. The SMILES string of the molecule is CC(C)(C)c1cc(NC(=O)N[C@H]2CC[C@@H](Oc3ccc4nnc(N5CCCCC5)n4c3)c3ccccc32)n(-c2cn(CCOS(C)(=O)=O)cn2)n1. The molecule has 4 aromatic heterocycles. The topological polar surface area (TPSA) is 163 Å². The van der Waals surface area contributed by atoms with Crippen LogP contribution in [0.3, 0.4) is 0 Å².